The van der Waals surface area contributed by atoms with Gasteiger partial charge in [0.25, 0.3) is 0 Å². The Bertz CT molecular complexity index is 464. The molecule has 2 rings (SSSR count). The normalized spacial score (nSPS) is 18.7. The van der Waals surface area contributed by atoms with E-state index < -0.39 is 6.10 Å². The lowest BCUT2D eigenvalue weighted by atomic mass is 9.91. The molecule has 0 spiro atoms. The Balaban J connectivity index is 2.16. The molecule has 1 N–H and O–H groups in total. The second-order valence-corrected chi connectivity index (χ2v) is 6.61. The number of halogens is 1. The number of aromatic nitrogens is 2. The summed E-state index contributed by atoms with van der Waals surface area (Å²) in [4.78, 5) is 2.38. The largest absolute Gasteiger partial charge is 0.391 e. The maximum Gasteiger partial charge on any atom is 0.0848 e. The van der Waals surface area contributed by atoms with Crippen molar-refractivity contribution in [3.8, 4) is 0 Å². The van der Waals surface area contributed by atoms with Gasteiger partial charge in [0.05, 0.1) is 22.5 Å². The standard InChI is InChI=1S/C15H26ClN3O/c1-5-19-12(14(16)11(2)17-19)10-13(20)15(3,4)18-8-6-7-9-18/h13,20H,5-10H2,1-4H3. The van der Waals surface area contributed by atoms with Gasteiger partial charge >= 0.3 is 0 Å². The number of likely N-dealkylation sites (tertiary alicyclic amines) is 1. The first-order valence-corrected chi connectivity index (χ1v) is 7.90. The van der Waals surface area contributed by atoms with Gasteiger partial charge in [0.15, 0.2) is 0 Å². The van der Waals surface area contributed by atoms with Crippen molar-refractivity contribution < 1.29 is 5.11 Å². The van der Waals surface area contributed by atoms with Crippen LogP contribution in [0.5, 0.6) is 0 Å². The van der Waals surface area contributed by atoms with Crippen LogP contribution < -0.4 is 0 Å². The molecule has 1 atom stereocenters. The van der Waals surface area contributed by atoms with Crippen molar-refractivity contribution in [2.75, 3.05) is 13.1 Å². The molecule has 0 saturated carbocycles. The van der Waals surface area contributed by atoms with Crippen LogP contribution in [0.1, 0.15) is 45.0 Å². The summed E-state index contributed by atoms with van der Waals surface area (Å²) in [6, 6.07) is 0. The lowest BCUT2D eigenvalue weighted by molar-refractivity contribution is 0.00231. The average Bonchev–Trinajstić information content (AvgIpc) is 3.02. The van der Waals surface area contributed by atoms with E-state index in [1.165, 1.54) is 12.8 Å². The molecule has 5 heteroatoms. The third-order valence-corrected chi connectivity index (χ3v) is 5.07. The van der Waals surface area contributed by atoms with Crippen LogP contribution in [0.3, 0.4) is 0 Å². The fourth-order valence-electron chi connectivity index (χ4n) is 3.00. The van der Waals surface area contributed by atoms with E-state index in [0.29, 0.717) is 11.4 Å². The molecule has 114 valence electrons. The van der Waals surface area contributed by atoms with Gasteiger partial charge < -0.3 is 5.11 Å². The maximum absolute atomic E-state index is 10.7. The molecule has 1 saturated heterocycles. The number of aliphatic hydroxyl groups is 1. The molecular weight excluding hydrogens is 274 g/mol. The van der Waals surface area contributed by atoms with E-state index in [0.717, 1.165) is 31.0 Å². The fraction of sp³-hybridized carbons (Fsp3) is 0.800. The summed E-state index contributed by atoms with van der Waals surface area (Å²) in [6.45, 7) is 11.1. The van der Waals surface area contributed by atoms with Crippen LogP contribution >= 0.6 is 11.6 Å². The van der Waals surface area contributed by atoms with Gasteiger partial charge in [-0.2, -0.15) is 5.10 Å². The SMILES string of the molecule is CCn1nc(C)c(Cl)c1CC(O)C(C)(C)N1CCCC1. The average molecular weight is 300 g/mol. The Morgan fingerprint density at radius 1 is 1.35 bits per heavy atom. The third-order valence-electron chi connectivity index (χ3n) is 4.58. The predicted octanol–water partition coefficient (Wildman–Crippen LogP) is 2.64. The third kappa shape index (κ3) is 2.87. The summed E-state index contributed by atoms with van der Waals surface area (Å²) in [5, 5.41) is 15.8. The molecule has 0 bridgehead atoms. The number of aryl methyl sites for hydroxylation is 2. The Hall–Kier alpha value is -0.580. The van der Waals surface area contributed by atoms with Crippen LogP contribution in [0.4, 0.5) is 0 Å². The number of nitrogens with zero attached hydrogens (tertiary/aromatic N) is 3. The van der Waals surface area contributed by atoms with Gasteiger partial charge in [0, 0.05) is 18.5 Å². The lowest BCUT2D eigenvalue weighted by Gasteiger charge is -2.39. The highest BCUT2D eigenvalue weighted by Gasteiger charge is 2.36. The zero-order chi connectivity index (χ0) is 14.9. The van der Waals surface area contributed by atoms with Crippen molar-refractivity contribution in [1.82, 2.24) is 14.7 Å². The van der Waals surface area contributed by atoms with Crippen molar-refractivity contribution in [2.24, 2.45) is 0 Å². The smallest absolute Gasteiger partial charge is 0.0848 e. The molecule has 1 unspecified atom stereocenters. The molecule has 0 aliphatic carbocycles. The van der Waals surface area contributed by atoms with E-state index in [-0.39, 0.29) is 5.54 Å². The summed E-state index contributed by atoms with van der Waals surface area (Å²) in [5.74, 6) is 0. The van der Waals surface area contributed by atoms with E-state index in [4.69, 9.17) is 11.6 Å². The van der Waals surface area contributed by atoms with E-state index in [2.05, 4.69) is 23.8 Å². The van der Waals surface area contributed by atoms with E-state index >= 15 is 0 Å². The molecule has 2 heterocycles. The molecule has 1 aliphatic heterocycles. The van der Waals surface area contributed by atoms with Crippen molar-refractivity contribution in [3.05, 3.63) is 16.4 Å². The predicted molar refractivity (Wildman–Crippen MR) is 82.2 cm³/mol. The fourth-order valence-corrected chi connectivity index (χ4v) is 3.21. The van der Waals surface area contributed by atoms with E-state index in [1.54, 1.807) is 0 Å². The van der Waals surface area contributed by atoms with Crippen LogP contribution in [-0.4, -0.2) is 44.5 Å². The molecule has 1 fully saturated rings. The second kappa shape index (κ2) is 6.04. The zero-order valence-electron chi connectivity index (χ0n) is 13.0. The topological polar surface area (TPSA) is 41.3 Å². The first-order valence-electron chi connectivity index (χ1n) is 7.52. The highest BCUT2D eigenvalue weighted by molar-refractivity contribution is 6.31. The molecule has 1 aliphatic rings. The van der Waals surface area contributed by atoms with Gasteiger partial charge in [0.1, 0.15) is 0 Å². The molecule has 0 amide bonds. The zero-order valence-corrected chi connectivity index (χ0v) is 13.7. The first kappa shape index (κ1) is 15.8. The maximum atomic E-state index is 10.7. The van der Waals surface area contributed by atoms with Gasteiger partial charge in [-0.15, -0.1) is 0 Å². The summed E-state index contributed by atoms with van der Waals surface area (Å²) < 4.78 is 1.90. The second-order valence-electron chi connectivity index (χ2n) is 6.23. The summed E-state index contributed by atoms with van der Waals surface area (Å²) >= 11 is 6.34. The van der Waals surface area contributed by atoms with Crippen molar-refractivity contribution in [1.29, 1.82) is 0 Å². The Labute approximate surface area is 126 Å². The molecule has 0 aromatic carbocycles. The van der Waals surface area contributed by atoms with Gasteiger partial charge in [-0.1, -0.05) is 11.6 Å². The highest BCUT2D eigenvalue weighted by atomic mass is 35.5. The molecule has 20 heavy (non-hydrogen) atoms. The molecule has 1 aromatic heterocycles. The highest BCUT2D eigenvalue weighted by Crippen LogP contribution is 2.29. The number of hydrogen-bond acceptors (Lipinski definition) is 3. The Morgan fingerprint density at radius 2 is 1.95 bits per heavy atom. The molecule has 0 radical (unpaired) electrons. The number of hydrogen-bond donors (Lipinski definition) is 1. The minimum Gasteiger partial charge on any atom is -0.391 e. The van der Waals surface area contributed by atoms with Gasteiger partial charge in [-0.05, 0) is 53.6 Å². The van der Waals surface area contributed by atoms with Crippen molar-refractivity contribution >= 4 is 11.6 Å². The van der Waals surface area contributed by atoms with Gasteiger partial charge in [-0.25, -0.2) is 0 Å². The van der Waals surface area contributed by atoms with E-state index in [9.17, 15) is 5.11 Å². The summed E-state index contributed by atoms with van der Waals surface area (Å²) in [6.07, 6.45) is 2.56. The minimum absolute atomic E-state index is 0.226. The van der Waals surface area contributed by atoms with Crippen LogP contribution in [0, 0.1) is 6.92 Å². The van der Waals surface area contributed by atoms with Crippen LogP contribution in [0.25, 0.3) is 0 Å². The van der Waals surface area contributed by atoms with Crippen LogP contribution in [0.15, 0.2) is 0 Å². The van der Waals surface area contributed by atoms with Gasteiger partial charge in [0.2, 0.25) is 0 Å². The summed E-state index contributed by atoms with van der Waals surface area (Å²) in [7, 11) is 0. The quantitative estimate of drug-likeness (QED) is 0.909. The molecule has 1 aromatic rings. The van der Waals surface area contributed by atoms with Crippen molar-refractivity contribution in [3.63, 3.8) is 0 Å². The lowest BCUT2D eigenvalue weighted by Crippen LogP contribution is -2.52. The Morgan fingerprint density at radius 3 is 2.50 bits per heavy atom. The molecular formula is C15H26ClN3O. The van der Waals surface area contributed by atoms with Crippen LogP contribution in [-0.2, 0) is 13.0 Å². The van der Waals surface area contributed by atoms with Crippen molar-refractivity contribution in [2.45, 2.75) is 65.1 Å². The molecule has 4 nitrogen and oxygen atoms in total. The first-order chi connectivity index (χ1) is 9.37. The minimum atomic E-state index is -0.445. The van der Waals surface area contributed by atoms with Crippen LogP contribution in [0.2, 0.25) is 5.02 Å². The monoisotopic (exact) mass is 299 g/mol. The summed E-state index contributed by atoms with van der Waals surface area (Å²) in [5.41, 5.74) is 1.57. The Kier molecular flexibility index (Phi) is 4.77. The van der Waals surface area contributed by atoms with Gasteiger partial charge in [-0.3, -0.25) is 9.58 Å². The van der Waals surface area contributed by atoms with E-state index in [1.807, 2.05) is 18.5 Å². The number of aliphatic hydroxyl groups excluding tert-OH is 1. The number of rotatable bonds is 5.